The fourth-order valence-electron chi connectivity index (χ4n) is 3.62. The first-order chi connectivity index (χ1) is 13.3. The van der Waals surface area contributed by atoms with Crippen LogP contribution in [-0.4, -0.2) is 31.9 Å². The van der Waals surface area contributed by atoms with Crippen LogP contribution >= 0.6 is 11.6 Å². The van der Waals surface area contributed by atoms with E-state index in [1.165, 1.54) is 30.3 Å². The average molecular weight is 425 g/mol. The van der Waals surface area contributed by atoms with Gasteiger partial charge in [0.15, 0.2) is 11.5 Å². The number of hydrogen-bond acceptors (Lipinski definition) is 6. The van der Waals surface area contributed by atoms with E-state index in [4.69, 9.17) is 25.3 Å². The maximum Gasteiger partial charge on any atom is 0.375 e. The van der Waals surface area contributed by atoms with Crippen molar-refractivity contribution in [2.45, 2.75) is 42.5 Å². The summed E-state index contributed by atoms with van der Waals surface area (Å²) in [5.41, 5.74) is 0.949. The Hall–Kier alpha value is -2.29. The molecule has 0 spiro atoms. The predicted molar refractivity (Wildman–Crippen MR) is 99.2 cm³/mol. The second-order valence-electron chi connectivity index (χ2n) is 6.66. The zero-order chi connectivity index (χ0) is 19.9. The second-order valence-corrected chi connectivity index (χ2v) is 8.67. The summed E-state index contributed by atoms with van der Waals surface area (Å²) >= 11 is 5.75. The third-order valence-electron chi connectivity index (χ3n) is 4.88. The number of benzene rings is 2. The first kappa shape index (κ1) is 19.0. The van der Waals surface area contributed by atoms with Crippen molar-refractivity contribution in [1.29, 1.82) is 0 Å². The van der Waals surface area contributed by atoms with Crippen LogP contribution < -0.4 is 9.47 Å². The highest BCUT2D eigenvalue weighted by Crippen LogP contribution is 2.50. The van der Waals surface area contributed by atoms with Crippen LogP contribution in [0.4, 0.5) is 0 Å². The summed E-state index contributed by atoms with van der Waals surface area (Å²) in [6, 6.07) is 10.4. The van der Waals surface area contributed by atoms with Crippen LogP contribution in [0.2, 0.25) is 5.02 Å². The third kappa shape index (κ3) is 3.55. The van der Waals surface area contributed by atoms with Crippen molar-refractivity contribution in [3.8, 4) is 11.5 Å². The molecule has 1 saturated carbocycles. The van der Waals surface area contributed by atoms with Gasteiger partial charge in [-0.2, -0.15) is 8.42 Å². The number of carbonyl (C=O) groups is 1. The zero-order valence-electron chi connectivity index (χ0n) is 14.6. The van der Waals surface area contributed by atoms with E-state index in [1.807, 2.05) is 6.07 Å². The quantitative estimate of drug-likeness (QED) is 0.559. The molecule has 2 aromatic carbocycles. The molecule has 148 valence electrons. The van der Waals surface area contributed by atoms with Gasteiger partial charge in [-0.3, -0.25) is 0 Å². The average Bonchev–Trinajstić information content (AvgIpc) is 3.23. The molecule has 1 fully saturated rings. The normalized spacial score (nSPS) is 21.5. The van der Waals surface area contributed by atoms with E-state index in [-0.39, 0.29) is 22.7 Å². The molecular formula is C19H17ClO7S. The number of carboxylic acid groups (broad SMARTS) is 1. The SMILES string of the molecule is O=C(O)C(Oc1cccc2c1OC1CCCC21)OS(=O)(=O)c1ccc(Cl)cc1. The molecule has 0 radical (unpaired) electrons. The van der Waals surface area contributed by atoms with Crippen LogP contribution in [0, 0.1) is 0 Å². The number of carboxylic acids is 1. The summed E-state index contributed by atoms with van der Waals surface area (Å²) in [5.74, 6) is -0.726. The van der Waals surface area contributed by atoms with Gasteiger partial charge in [0.05, 0.1) is 4.90 Å². The van der Waals surface area contributed by atoms with Gasteiger partial charge in [0, 0.05) is 16.5 Å². The molecule has 28 heavy (non-hydrogen) atoms. The molecule has 0 aromatic heterocycles. The Kier molecular flexibility index (Phi) is 4.95. The molecule has 7 nitrogen and oxygen atoms in total. The Morgan fingerprint density at radius 3 is 2.64 bits per heavy atom. The van der Waals surface area contributed by atoms with Crippen molar-refractivity contribution in [3.05, 3.63) is 53.1 Å². The van der Waals surface area contributed by atoms with E-state index < -0.39 is 22.4 Å². The maximum absolute atomic E-state index is 12.4. The lowest BCUT2D eigenvalue weighted by molar-refractivity contribution is -0.158. The van der Waals surface area contributed by atoms with Crippen LogP contribution in [-0.2, 0) is 19.1 Å². The molecular weight excluding hydrogens is 408 g/mol. The molecule has 1 aliphatic heterocycles. The third-order valence-corrected chi connectivity index (χ3v) is 6.41. The van der Waals surface area contributed by atoms with Crippen molar-refractivity contribution >= 4 is 27.7 Å². The van der Waals surface area contributed by atoms with Crippen molar-refractivity contribution in [1.82, 2.24) is 0 Å². The van der Waals surface area contributed by atoms with E-state index in [1.54, 1.807) is 6.07 Å². The summed E-state index contributed by atoms with van der Waals surface area (Å²) in [4.78, 5) is 11.4. The molecule has 1 heterocycles. The van der Waals surface area contributed by atoms with Crippen LogP contribution in [0.15, 0.2) is 47.4 Å². The number of para-hydroxylation sites is 1. The van der Waals surface area contributed by atoms with Gasteiger partial charge in [-0.15, -0.1) is 0 Å². The van der Waals surface area contributed by atoms with Crippen LogP contribution in [0.5, 0.6) is 11.5 Å². The molecule has 9 heteroatoms. The lowest BCUT2D eigenvalue weighted by Crippen LogP contribution is -2.32. The van der Waals surface area contributed by atoms with Crippen molar-refractivity contribution in [2.24, 2.45) is 0 Å². The molecule has 3 unspecified atom stereocenters. The number of halogens is 1. The highest BCUT2D eigenvalue weighted by molar-refractivity contribution is 7.86. The molecule has 2 aliphatic rings. The van der Waals surface area contributed by atoms with Gasteiger partial charge >= 0.3 is 22.4 Å². The topological polar surface area (TPSA) is 99.1 Å². The summed E-state index contributed by atoms with van der Waals surface area (Å²) in [7, 11) is -4.38. The molecule has 0 amide bonds. The Morgan fingerprint density at radius 2 is 1.93 bits per heavy atom. The highest BCUT2D eigenvalue weighted by atomic mass is 35.5. The van der Waals surface area contributed by atoms with Crippen LogP contribution in [0.3, 0.4) is 0 Å². The van der Waals surface area contributed by atoms with Gasteiger partial charge in [-0.25, -0.2) is 8.98 Å². The molecule has 0 bridgehead atoms. The highest BCUT2D eigenvalue weighted by Gasteiger charge is 2.40. The standard InChI is InChI=1S/C19H17ClO7S/c20-11-7-9-12(10-8-11)28(23,24)27-19(18(21)22)26-16-6-2-4-14-13-3-1-5-15(13)25-17(14)16/h2,4,6-10,13,15,19H,1,3,5H2,(H,21,22). The van der Waals surface area contributed by atoms with Gasteiger partial charge < -0.3 is 14.6 Å². The van der Waals surface area contributed by atoms with Crippen LogP contribution in [0.1, 0.15) is 30.7 Å². The minimum atomic E-state index is -4.38. The first-order valence-corrected chi connectivity index (χ1v) is 10.5. The molecule has 1 aliphatic carbocycles. The molecule has 4 rings (SSSR count). The Morgan fingerprint density at radius 1 is 1.18 bits per heavy atom. The van der Waals surface area contributed by atoms with E-state index >= 15 is 0 Å². The summed E-state index contributed by atoms with van der Waals surface area (Å²) < 4.78 is 41.0. The summed E-state index contributed by atoms with van der Waals surface area (Å²) in [6.07, 6.45) is 0.964. The molecule has 0 saturated heterocycles. The Bertz CT molecular complexity index is 1000. The van der Waals surface area contributed by atoms with E-state index in [9.17, 15) is 18.3 Å². The Labute approximate surface area is 166 Å². The van der Waals surface area contributed by atoms with E-state index in [0.717, 1.165) is 24.8 Å². The minimum Gasteiger partial charge on any atom is -0.486 e. The van der Waals surface area contributed by atoms with Crippen molar-refractivity contribution < 1.29 is 32.0 Å². The van der Waals surface area contributed by atoms with Gasteiger partial charge in [0.2, 0.25) is 0 Å². The van der Waals surface area contributed by atoms with Crippen molar-refractivity contribution in [3.63, 3.8) is 0 Å². The number of ether oxygens (including phenoxy) is 2. The number of rotatable bonds is 6. The predicted octanol–water partition coefficient (Wildman–Crippen LogP) is 3.56. The lowest BCUT2D eigenvalue weighted by Gasteiger charge is -2.17. The Balaban J connectivity index is 1.58. The zero-order valence-corrected chi connectivity index (χ0v) is 16.2. The molecule has 2 aromatic rings. The number of fused-ring (bicyclic) bond motifs is 3. The molecule has 3 atom stereocenters. The van der Waals surface area contributed by atoms with Gasteiger partial charge in [0.25, 0.3) is 0 Å². The minimum absolute atomic E-state index is 0.0433. The maximum atomic E-state index is 12.4. The van der Waals surface area contributed by atoms with E-state index in [2.05, 4.69) is 0 Å². The smallest absolute Gasteiger partial charge is 0.375 e. The van der Waals surface area contributed by atoms with Gasteiger partial charge in [-0.1, -0.05) is 23.7 Å². The number of hydrogen-bond donors (Lipinski definition) is 1. The summed E-state index contributed by atoms with van der Waals surface area (Å²) in [5, 5.41) is 9.76. The fraction of sp³-hybridized carbons (Fsp3) is 0.316. The second kappa shape index (κ2) is 7.27. The fourth-order valence-corrected chi connectivity index (χ4v) is 4.67. The largest absolute Gasteiger partial charge is 0.486 e. The van der Waals surface area contributed by atoms with Crippen LogP contribution in [0.25, 0.3) is 0 Å². The number of aliphatic carboxylic acids is 1. The van der Waals surface area contributed by atoms with Crippen molar-refractivity contribution in [2.75, 3.05) is 0 Å². The monoisotopic (exact) mass is 424 g/mol. The van der Waals surface area contributed by atoms with E-state index in [0.29, 0.717) is 10.8 Å². The summed E-state index contributed by atoms with van der Waals surface area (Å²) in [6.45, 7) is 0. The molecule has 1 N–H and O–H groups in total. The lowest BCUT2D eigenvalue weighted by atomic mass is 9.97. The van der Waals surface area contributed by atoms with Gasteiger partial charge in [-0.05, 0) is 49.6 Å². The first-order valence-electron chi connectivity index (χ1n) is 8.73. The van der Waals surface area contributed by atoms with Gasteiger partial charge in [0.1, 0.15) is 6.10 Å².